The Labute approximate surface area is 110 Å². The molecule has 1 aromatic rings. The van der Waals surface area contributed by atoms with Gasteiger partial charge in [0.05, 0.1) is 6.04 Å². The van der Waals surface area contributed by atoms with Crippen LogP contribution in [0, 0.1) is 0 Å². The molecule has 0 aliphatic carbocycles. The minimum atomic E-state index is -0.212. The Bertz CT molecular complexity index is 382. The molecule has 5 heteroatoms. The number of hydrogen-bond acceptors (Lipinski definition) is 3. The fraction of sp³-hybridized carbons (Fsp3) is 0.500. The Morgan fingerprint density at radius 2 is 2.12 bits per heavy atom. The van der Waals surface area contributed by atoms with Crippen LogP contribution >= 0.6 is 15.9 Å². The molecule has 1 heterocycles. The summed E-state index contributed by atoms with van der Waals surface area (Å²) in [6.45, 7) is 6.37. The summed E-state index contributed by atoms with van der Waals surface area (Å²) in [5.41, 5.74) is 1.04. The smallest absolute Gasteiger partial charge is 0.237 e. The van der Waals surface area contributed by atoms with Crippen LogP contribution in [0.3, 0.4) is 0 Å². The second kappa shape index (κ2) is 6.71. The highest BCUT2D eigenvalue weighted by Crippen LogP contribution is 2.09. The molecule has 0 aliphatic heterocycles. The van der Waals surface area contributed by atoms with Gasteiger partial charge in [-0.05, 0) is 48.3 Å². The van der Waals surface area contributed by atoms with E-state index >= 15 is 0 Å². The molecule has 0 fully saturated rings. The monoisotopic (exact) mass is 299 g/mol. The lowest BCUT2D eigenvalue weighted by Gasteiger charge is -2.15. The number of rotatable bonds is 5. The summed E-state index contributed by atoms with van der Waals surface area (Å²) < 4.78 is 0.941. The van der Waals surface area contributed by atoms with E-state index in [9.17, 15) is 4.79 Å². The molecule has 0 spiro atoms. The summed E-state index contributed by atoms with van der Waals surface area (Å²) >= 11 is 3.36. The van der Waals surface area contributed by atoms with Crippen LogP contribution in [0.25, 0.3) is 0 Å². The van der Waals surface area contributed by atoms with E-state index in [4.69, 9.17) is 0 Å². The summed E-state index contributed by atoms with van der Waals surface area (Å²) in [5.74, 6) is 0.0166. The van der Waals surface area contributed by atoms with Crippen LogP contribution < -0.4 is 10.6 Å². The van der Waals surface area contributed by atoms with Crippen molar-refractivity contribution in [1.29, 1.82) is 0 Å². The van der Waals surface area contributed by atoms with E-state index in [1.165, 1.54) is 0 Å². The molecule has 0 saturated carbocycles. The Hall–Kier alpha value is -0.940. The maximum absolute atomic E-state index is 11.6. The summed E-state index contributed by atoms with van der Waals surface area (Å²) in [7, 11) is 0. The third-order valence-electron chi connectivity index (χ3n) is 2.20. The average Bonchev–Trinajstić information content (AvgIpc) is 2.25. The van der Waals surface area contributed by atoms with E-state index in [1.807, 2.05) is 26.8 Å². The molecular formula is C12H18BrN3O. The second-order valence-corrected chi connectivity index (χ2v) is 5.19. The number of aromatic nitrogens is 1. The highest BCUT2D eigenvalue weighted by Gasteiger charge is 2.12. The Balaban J connectivity index is 2.42. The van der Waals surface area contributed by atoms with Gasteiger partial charge in [0, 0.05) is 29.5 Å². The first-order valence-electron chi connectivity index (χ1n) is 5.62. The van der Waals surface area contributed by atoms with Gasteiger partial charge in [-0.2, -0.15) is 0 Å². The van der Waals surface area contributed by atoms with Crippen molar-refractivity contribution in [2.24, 2.45) is 0 Å². The van der Waals surface area contributed by atoms with Crippen molar-refractivity contribution < 1.29 is 4.79 Å². The van der Waals surface area contributed by atoms with Crippen LogP contribution in [0.15, 0.2) is 22.9 Å². The van der Waals surface area contributed by atoms with Gasteiger partial charge in [0.25, 0.3) is 0 Å². The normalized spacial score (nSPS) is 12.5. The number of nitrogens with one attached hydrogen (secondary N) is 2. The van der Waals surface area contributed by atoms with Crippen molar-refractivity contribution >= 4 is 21.8 Å². The van der Waals surface area contributed by atoms with E-state index in [0.29, 0.717) is 6.54 Å². The SMILES string of the molecule is CC(C)NC(=O)C(C)NCc1cncc(Br)c1. The van der Waals surface area contributed by atoms with Crippen molar-refractivity contribution in [3.05, 3.63) is 28.5 Å². The zero-order valence-electron chi connectivity index (χ0n) is 10.3. The molecular weight excluding hydrogens is 282 g/mol. The molecule has 1 unspecified atom stereocenters. The van der Waals surface area contributed by atoms with Gasteiger partial charge >= 0.3 is 0 Å². The van der Waals surface area contributed by atoms with Crippen LogP contribution in [0.5, 0.6) is 0 Å². The molecule has 0 saturated heterocycles. The molecule has 2 N–H and O–H groups in total. The third kappa shape index (κ3) is 5.28. The quantitative estimate of drug-likeness (QED) is 0.872. The number of pyridine rings is 1. The molecule has 0 radical (unpaired) electrons. The first-order valence-corrected chi connectivity index (χ1v) is 6.41. The molecule has 0 bridgehead atoms. The molecule has 4 nitrogen and oxygen atoms in total. The molecule has 1 aromatic heterocycles. The predicted octanol–water partition coefficient (Wildman–Crippen LogP) is 1.85. The minimum Gasteiger partial charge on any atom is -0.353 e. The van der Waals surface area contributed by atoms with Gasteiger partial charge in [-0.15, -0.1) is 0 Å². The average molecular weight is 300 g/mol. The molecule has 1 atom stereocenters. The molecule has 1 rings (SSSR count). The number of hydrogen-bond donors (Lipinski definition) is 2. The highest BCUT2D eigenvalue weighted by molar-refractivity contribution is 9.10. The number of amides is 1. The number of carbonyl (C=O) groups excluding carboxylic acids is 1. The van der Waals surface area contributed by atoms with Crippen LogP contribution in [-0.2, 0) is 11.3 Å². The fourth-order valence-electron chi connectivity index (χ4n) is 1.33. The molecule has 0 aliphatic rings. The van der Waals surface area contributed by atoms with E-state index in [0.717, 1.165) is 10.0 Å². The number of nitrogens with zero attached hydrogens (tertiary/aromatic N) is 1. The summed E-state index contributed by atoms with van der Waals surface area (Å²) in [5, 5.41) is 6.02. The Kier molecular flexibility index (Phi) is 5.58. The van der Waals surface area contributed by atoms with Crippen molar-refractivity contribution in [3.63, 3.8) is 0 Å². The van der Waals surface area contributed by atoms with E-state index < -0.39 is 0 Å². The topological polar surface area (TPSA) is 54.0 Å². The van der Waals surface area contributed by atoms with E-state index in [2.05, 4.69) is 31.5 Å². The minimum absolute atomic E-state index is 0.0166. The summed E-state index contributed by atoms with van der Waals surface area (Å²) in [6.07, 6.45) is 3.52. The van der Waals surface area contributed by atoms with Gasteiger partial charge < -0.3 is 10.6 Å². The van der Waals surface area contributed by atoms with Crippen LogP contribution in [-0.4, -0.2) is 23.0 Å². The van der Waals surface area contributed by atoms with Gasteiger partial charge in [0.1, 0.15) is 0 Å². The standard InChI is InChI=1S/C12H18BrN3O/c1-8(2)16-12(17)9(3)15-6-10-4-11(13)7-14-5-10/h4-5,7-9,15H,6H2,1-3H3,(H,16,17). The van der Waals surface area contributed by atoms with E-state index in [-0.39, 0.29) is 18.0 Å². The number of halogens is 1. The molecule has 17 heavy (non-hydrogen) atoms. The van der Waals surface area contributed by atoms with Crippen LogP contribution in [0.4, 0.5) is 0 Å². The van der Waals surface area contributed by atoms with Crippen molar-refractivity contribution in [2.75, 3.05) is 0 Å². The Morgan fingerprint density at radius 1 is 1.41 bits per heavy atom. The Morgan fingerprint density at radius 3 is 2.71 bits per heavy atom. The third-order valence-corrected chi connectivity index (χ3v) is 2.63. The van der Waals surface area contributed by atoms with Gasteiger partial charge in [-0.25, -0.2) is 0 Å². The first-order chi connectivity index (χ1) is 7.99. The van der Waals surface area contributed by atoms with Crippen LogP contribution in [0.1, 0.15) is 26.3 Å². The maximum atomic E-state index is 11.6. The largest absolute Gasteiger partial charge is 0.353 e. The van der Waals surface area contributed by atoms with Crippen LogP contribution in [0.2, 0.25) is 0 Å². The summed E-state index contributed by atoms with van der Waals surface area (Å²) in [6, 6.07) is 1.93. The van der Waals surface area contributed by atoms with Gasteiger partial charge in [0.2, 0.25) is 5.91 Å². The number of carbonyl (C=O) groups is 1. The zero-order valence-corrected chi connectivity index (χ0v) is 11.9. The lowest BCUT2D eigenvalue weighted by molar-refractivity contribution is -0.123. The maximum Gasteiger partial charge on any atom is 0.237 e. The zero-order chi connectivity index (χ0) is 12.8. The van der Waals surface area contributed by atoms with Gasteiger partial charge in [0.15, 0.2) is 0 Å². The lowest BCUT2D eigenvalue weighted by Crippen LogP contribution is -2.44. The van der Waals surface area contributed by atoms with Crippen molar-refractivity contribution in [1.82, 2.24) is 15.6 Å². The van der Waals surface area contributed by atoms with Crippen molar-refractivity contribution in [3.8, 4) is 0 Å². The van der Waals surface area contributed by atoms with Gasteiger partial charge in [-0.1, -0.05) is 0 Å². The molecule has 1 amide bonds. The van der Waals surface area contributed by atoms with Gasteiger partial charge in [-0.3, -0.25) is 9.78 Å². The lowest BCUT2D eigenvalue weighted by atomic mass is 10.2. The summed E-state index contributed by atoms with van der Waals surface area (Å²) in [4.78, 5) is 15.7. The second-order valence-electron chi connectivity index (χ2n) is 4.28. The fourth-order valence-corrected chi connectivity index (χ4v) is 1.74. The highest BCUT2D eigenvalue weighted by atomic mass is 79.9. The molecule has 0 aromatic carbocycles. The van der Waals surface area contributed by atoms with E-state index in [1.54, 1.807) is 12.4 Å². The predicted molar refractivity (Wildman–Crippen MR) is 71.5 cm³/mol. The van der Waals surface area contributed by atoms with Crippen molar-refractivity contribution in [2.45, 2.75) is 39.4 Å². The first kappa shape index (κ1) is 14.1. The molecule has 94 valence electrons.